The van der Waals surface area contributed by atoms with Crippen LogP contribution in [0.2, 0.25) is 0 Å². The number of hydrogen-bond donors (Lipinski definition) is 1. The van der Waals surface area contributed by atoms with E-state index in [2.05, 4.69) is 26.7 Å². The first-order valence-electron chi connectivity index (χ1n) is 6.66. The third kappa shape index (κ3) is 3.63. The van der Waals surface area contributed by atoms with Gasteiger partial charge in [-0.3, -0.25) is 4.90 Å². The summed E-state index contributed by atoms with van der Waals surface area (Å²) in [6, 6.07) is 0. The molecule has 2 rings (SSSR count). The fourth-order valence-corrected chi connectivity index (χ4v) is 2.81. The zero-order chi connectivity index (χ0) is 12.8. The zero-order valence-corrected chi connectivity index (χ0v) is 12.0. The highest BCUT2D eigenvalue weighted by Gasteiger charge is 2.21. The zero-order valence-electron chi connectivity index (χ0n) is 11.2. The van der Waals surface area contributed by atoms with Crippen molar-refractivity contribution in [3.8, 4) is 0 Å². The number of hydrogen-bond acceptors (Lipinski definition) is 6. The first kappa shape index (κ1) is 13.7. The monoisotopic (exact) mass is 270 g/mol. The van der Waals surface area contributed by atoms with Crippen molar-refractivity contribution in [1.82, 2.24) is 14.5 Å². The Kier molecular flexibility index (Phi) is 5.34. The molecule has 0 saturated carbocycles. The van der Waals surface area contributed by atoms with Gasteiger partial charge in [0.15, 0.2) is 0 Å². The van der Waals surface area contributed by atoms with Gasteiger partial charge in [-0.15, -0.1) is 5.10 Å². The minimum atomic E-state index is 0.392. The predicted octanol–water partition coefficient (Wildman–Crippen LogP) is 1.97. The summed E-state index contributed by atoms with van der Waals surface area (Å²) in [6.07, 6.45) is 3.88. The predicted molar refractivity (Wildman–Crippen MR) is 74.0 cm³/mol. The Labute approximate surface area is 113 Å². The molecular formula is C12H22N4OS. The van der Waals surface area contributed by atoms with Gasteiger partial charge in [0, 0.05) is 38.3 Å². The minimum absolute atomic E-state index is 0.392. The molecule has 1 aromatic heterocycles. The maximum absolute atomic E-state index is 5.85. The van der Waals surface area contributed by atoms with Gasteiger partial charge in [-0.2, -0.15) is 0 Å². The van der Waals surface area contributed by atoms with Crippen LogP contribution in [0, 0.1) is 0 Å². The summed E-state index contributed by atoms with van der Waals surface area (Å²) >= 11 is 1.42. The Morgan fingerprint density at radius 3 is 3.22 bits per heavy atom. The van der Waals surface area contributed by atoms with E-state index in [1.54, 1.807) is 0 Å². The molecule has 5 nitrogen and oxygen atoms in total. The summed E-state index contributed by atoms with van der Waals surface area (Å²) in [7, 11) is 1.92. The average Bonchev–Trinajstić information content (AvgIpc) is 2.84. The van der Waals surface area contributed by atoms with Gasteiger partial charge in [-0.05, 0) is 25.8 Å². The van der Waals surface area contributed by atoms with Crippen LogP contribution in [0.4, 0.5) is 5.00 Å². The molecular weight excluding hydrogens is 248 g/mol. The molecule has 6 heteroatoms. The van der Waals surface area contributed by atoms with Crippen molar-refractivity contribution in [3.63, 3.8) is 0 Å². The molecule has 0 spiro atoms. The molecule has 1 N–H and O–H groups in total. The molecule has 0 radical (unpaired) electrons. The number of aromatic nitrogens is 2. The summed E-state index contributed by atoms with van der Waals surface area (Å²) in [5.74, 6) is 0. The molecule has 1 aromatic rings. The van der Waals surface area contributed by atoms with Crippen molar-refractivity contribution in [2.24, 2.45) is 0 Å². The van der Waals surface area contributed by atoms with E-state index in [0.29, 0.717) is 6.10 Å². The Bertz CT molecular complexity index is 358. The average molecular weight is 270 g/mol. The summed E-state index contributed by atoms with van der Waals surface area (Å²) in [5.41, 5.74) is 1.05. The van der Waals surface area contributed by atoms with Crippen LogP contribution in [0.5, 0.6) is 0 Å². The Balaban J connectivity index is 1.85. The molecule has 1 unspecified atom stereocenters. The Morgan fingerprint density at radius 2 is 2.44 bits per heavy atom. The highest BCUT2D eigenvalue weighted by Crippen LogP contribution is 2.21. The Hall–Kier alpha value is -0.720. The van der Waals surface area contributed by atoms with Gasteiger partial charge in [-0.1, -0.05) is 11.4 Å². The third-order valence-electron chi connectivity index (χ3n) is 3.18. The molecule has 0 bridgehead atoms. The lowest BCUT2D eigenvalue weighted by Crippen LogP contribution is -2.39. The van der Waals surface area contributed by atoms with Gasteiger partial charge in [0.2, 0.25) is 0 Å². The summed E-state index contributed by atoms with van der Waals surface area (Å²) in [5, 5.41) is 8.41. The van der Waals surface area contributed by atoms with E-state index in [0.717, 1.165) is 43.4 Å². The highest BCUT2D eigenvalue weighted by atomic mass is 32.1. The summed E-state index contributed by atoms with van der Waals surface area (Å²) < 4.78 is 9.85. The van der Waals surface area contributed by atoms with E-state index in [9.17, 15) is 0 Å². The quantitative estimate of drug-likeness (QED) is 0.856. The second-order valence-electron chi connectivity index (χ2n) is 4.67. The van der Waals surface area contributed by atoms with E-state index >= 15 is 0 Å². The first-order valence-corrected chi connectivity index (χ1v) is 7.43. The number of likely N-dealkylation sites (tertiary alicyclic amines) is 1. The molecule has 1 aliphatic rings. The highest BCUT2D eigenvalue weighted by molar-refractivity contribution is 7.10. The maximum Gasteiger partial charge on any atom is 0.134 e. The second-order valence-corrected chi connectivity index (χ2v) is 5.42. The van der Waals surface area contributed by atoms with Crippen molar-refractivity contribution >= 4 is 16.5 Å². The van der Waals surface area contributed by atoms with Crippen LogP contribution in [0.1, 0.15) is 31.9 Å². The van der Waals surface area contributed by atoms with Crippen molar-refractivity contribution in [2.45, 2.75) is 38.8 Å². The van der Waals surface area contributed by atoms with Crippen molar-refractivity contribution in [3.05, 3.63) is 5.69 Å². The normalized spacial score (nSPS) is 21.1. The number of ether oxygens (including phenoxy) is 1. The first-order chi connectivity index (χ1) is 8.83. The summed E-state index contributed by atoms with van der Waals surface area (Å²) in [6.45, 7) is 6.05. The second kappa shape index (κ2) is 7.01. The van der Waals surface area contributed by atoms with Gasteiger partial charge < -0.3 is 10.1 Å². The van der Waals surface area contributed by atoms with Crippen LogP contribution < -0.4 is 5.32 Å². The lowest BCUT2D eigenvalue weighted by Gasteiger charge is -2.32. The van der Waals surface area contributed by atoms with E-state index in [1.807, 2.05) is 7.05 Å². The van der Waals surface area contributed by atoms with E-state index in [-0.39, 0.29) is 0 Å². The van der Waals surface area contributed by atoms with Crippen LogP contribution in [-0.2, 0) is 11.3 Å². The smallest absolute Gasteiger partial charge is 0.134 e. The van der Waals surface area contributed by atoms with Crippen LogP contribution in [0.3, 0.4) is 0 Å². The van der Waals surface area contributed by atoms with E-state index in [1.165, 1.54) is 24.4 Å². The molecule has 1 aliphatic heterocycles. The number of piperidine rings is 1. The third-order valence-corrected chi connectivity index (χ3v) is 3.96. The largest absolute Gasteiger partial charge is 0.377 e. The van der Waals surface area contributed by atoms with Crippen molar-refractivity contribution in [2.75, 3.05) is 32.1 Å². The van der Waals surface area contributed by atoms with Gasteiger partial charge in [0.1, 0.15) is 10.7 Å². The van der Waals surface area contributed by atoms with Crippen molar-refractivity contribution < 1.29 is 4.74 Å². The van der Waals surface area contributed by atoms with Crippen LogP contribution in [0.15, 0.2) is 0 Å². The molecule has 2 heterocycles. The molecule has 102 valence electrons. The minimum Gasteiger partial charge on any atom is -0.377 e. The molecule has 0 aliphatic carbocycles. The van der Waals surface area contributed by atoms with Gasteiger partial charge in [0.25, 0.3) is 0 Å². The molecule has 18 heavy (non-hydrogen) atoms. The van der Waals surface area contributed by atoms with Crippen molar-refractivity contribution in [1.29, 1.82) is 0 Å². The lowest BCUT2D eigenvalue weighted by molar-refractivity contribution is -0.00247. The van der Waals surface area contributed by atoms with E-state index in [4.69, 9.17) is 4.74 Å². The SMILES string of the molecule is CCCOC1CCCN(Cc2nnsc2NC)C1. The number of anilines is 1. The standard InChI is InChI=1S/C12H22N4OS/c1-3-7-17-10-5-4-6-16(8-10)9-11-12(13-2)18-15-14-11/h10,13H,3-9H2,1-2H3. The maximum atomic E-state index is 5.85. The van der Waals surface area contributed by atoms with E-state index < -0.39 is 0 Å². The molecule has 0 amide bonds. The van der Waals surface area contributed by atoms with Crippen LogP contribution >= 0.6 is 11.5 Å². The topological polar surface area (TPSA) is 50.3 Å². The molecule has 1 saturated heterocycles. The fourth-order valence-electron chi connectivity index (χ4n) is 2.29. The summed E-state index contributed by atoms with van der Waals surface area (Å²) in [4.78, 5) is 2.42. The number of nitrogens with zero attached hydrogens (tertiary/aromatic N) is 3. The van der Waals surface area contributed by atoms with Gasteiger partial charge in [0.05, 0.1) is 6.10 Å². The molecule has 1 fully saturated rings. The molecule has 1 atom stereocenters. The molecule has 0 aromatic carbocycles. The number of nitrogens with one attached hydrogen (secondary N) is 1. The van der Waals surface area contributed by atoms with Gasteiger partial charge in [-0.25, -0.2) is 0 Å². The van der Waals surface area contributed by atoms with Gasteiger partial charge >= 0.3 is 0 Å². The van der Waals surface area contributed by atoms with Crippen LogP contribution in [-0.4, -0.2) is 47.3 Å². The van der Waals surface area contributed by atoms with Crippen LogP contribution in [0.25, 0.3) is 0 Å². The lowest BCUT2D eigenvalue weighted by atomic mass is 10.1. The Morgan fingerprint density at radius 1 is 1.56 bits per heavy atom. The number of rotatable bonds is 6. The fraction of sp³-hybridized carbons (Fsp3) is 0.833.